The minimum atomic E-state index is -1.56. The van der Waals surface area contributed by atoms with Crippen LogP contribution in [0.4, 0.5) is 0 Å². The summed E-state index contributed by atoms with van der Waals surface area (Å²) < 4.78 is 0. The average Bonchev–Trinajstić information content (AvgIpc) is 3.84. The minimum Gasteiger partial charge on any atom is -0.481 e. The summed E-state index contributed by atoms with van der Waals surface area (Å²) in [6, 6.07) is 10.1. The van der Waals surface area contributed by atoms with Gasteiger partial charge in [0.2, 0.25) is 35.4 Å². The minimum absolute atomic E-state index is 0.0411. The van der Waals surface area contributed by atoms with E-state index in [0.717, 1.165) is 6.42 Å². The van der Waals surface area contributed by atoms with Crippen LogP contribution in [0.5, 0.6) is 0 Å². The lowest BCUT2D eigenvalue weighted by Crippen LogP contribution is -2.60. The van der Waals surface area contributed by atoms with Crippen LogP contribution in [0, 0.1) is 0 Å². The molecule has 6 amide bonds. The highest BCUT2D eigenvalue weighted by molar-refractivity contribution is 7.80. The van der Waals surface area contributed by atoms with Crippen LogP contribution in [-0.4, -0.2) is 138 Å². The number of hydrogen-bond donors (Lipinski definition) is 14. The number of aliphatic imine (C=N–C) groups is 2. The molecule has 360 valence electrons. The summed E-state index contributed by atoms with van der Waals surface area (Å²) in [5.41, 5.74) is 23.0. The van der Waals surface area contributed by atoms with Gasteiger partial charge in [-0.3, -0.25) is 43.5 Å². The molecule has 0 unspecified atom stereocenters. The monoisotopic (exact) mass is 939 g/mol. The SMILES string of the molecule is NC(N)=NCCC[C@H](NC(=O)[C@@H]1CCCN1)C(=O)N[C@@H](CS)C(=O)N[C@@H](C(=O)N[C@H](CCCN=C(N)N)C(=O)NCC(=O)N[C@@H](CCC(=O)O)C(=O)O)C(c1ccccc1)c1ccccc1. The third kappa shape index (κ3) is 18.6. The van der Waals surface area contributed by atoms with E-state index in [0.29, 0.717) is 30.5 Å². The molecule has 6 atom stereocenters. The van der Waals surface area contributed by atoms with E-state index in [1.165, 1.54) is 0 Å². The van der Waals surface area contributed by atoms with E-state index in [9.17, 15) is 43.5 Å². The predicted molar refractivity (Wildman–Crippen MR) is 247 cm³/mol. The average molecular weight is 940 g/mol. The molecular weight excluding hydrogens is 879 g/mol. The highest BCUT2D eigenvalue weighted by Gasteiger charge is 2.37. The molecule has 2 aromatic rings. The second kappa shape index (κ2) is 28.1. The number of nitrogens with one attached hydrogen (secondary N) is 7. The van der Waals surface area contributed by atoms with Crippen molar-refractivity contribution in [1.82, 2.24) is 37.2 Å². The molecule has 0 spiro atoms. The highest BCUT2D eigenvalue weighted by Crippen LogP contribution is 2.29. The Balaban J connectivity index is 1.96. The van der Waals surface area contributed by atoms with Gasteiger partial charge < -0.3 is 70.4 Å². The molecule has 1 fully saturated rings. The number of carbonyl (C=O) groups excluding carboxylic acids is 6. The summed E-state index contributed by atoms with van der Waals surface area (Å²) in [4.78, 5) is 113. The summed E-state index contributed by atoms with van der Waals surface area (Å²) in [5, 5.41) is 37.0. The number of benzene rings is 2. The normalized spacial score (nSPS) is 15.3. The van der Waals surface area contributed by atoms with Crippen LogP contribution in [0.25, 0.3) is 0 Å². The number of nitrogens with two attached hydrogens (primary N) is 4. The standard InChI is InChI=1S/C42H61N13O10S/c43-41(44)48-20-8-15-27(35(59)50-22-31(56)51-29(40(64)65)17-18-32(57)58)53-39(63)34(33(24-10-3-1-4-11-24)25-12-5-2-6-13-25)55-38(62)30(23-66)54-37(61)28(16-9-21-49-42(45)46)52-36(60)26-14-7-19-47-26/h1-6,10-13,26-30,33-34,47,66H,7-9,14-23H2,(H,50,59)(H,51,56)(H,52,60)(H,53,63)(H,54,61)(H,55,62)(H,57,58)(H,64,65)(H4,43,44,48)(H4,45,46,49)/t26-,27+,28-,29-,30-,34+/m0/s1. The molecule has 0 bridgehead atoms. The zero-order valence-corrected chi connectivity index (χ0v) is 37.2. The maximum absolute atomic E-state index is 14.7. The molecule has 66 heavy (non-hydrogen) atoms. The van der Waals surface area contributed by atoms with Gasteiger partial charge in [0.25, 0.3) is 0 Å². The van der Waals surface area contributed by atoms with E-state index in [1.54, 1.807) is 60.7 Å². The number of guanidine groups is 2. The Kier molecular flexibility index (Phi) is 22.7. The smallest absolute Gasteiger partial charge is 0.326 e. The van der Waals surface area contributed by atoms with Crippen molar-refractivity contribution in [3.8, 4) is 0 Å². The van der Waals surface area contributed by atoms with E-state index in [4.69, 9.17) is 28.0 Å². The summed E-state index contributed by atoms with van der Waals surface area (Å²) in [6.45, 7) is 0.0934. The van der Waals surface area contributed by atoms with Crippen molar-refractivity contribution in [2.24, 2.45) is 32.9 Å². The van der Waals surface area contributed by atoms with Gasteiger partial charge in [0.05, 0.1) is 12.6 Å². The number of carboxylic acid groups (broad SMARTS) is 2. The number of thiol groups is 1. The van der Waals surface area contributed by atoms with Crippen molar-refractivity contribution in [3.63, 3.8) is 0 Å². The lowest BCUT2D eigenvalue weighted by molar-refractivity contribution is -0.143. The van der Waals surface area contributed by atoms with Crippen molar-refractivity contribution >= 4 is 71.9 Å². The molecule has 3 rings (SSSR count). The maximum atomic E-state index is 14.7. The van der Waals surface area contributed by atoms with Crippen LogP contribution in [0.15, 0.2) is 70.6 Å². The van der Waals surface area contributed by atoms with Crippen molar-refractivity contribution in [2.75, 3.05) is 31.9 Å². The van der Waals surface area contributed by atoms with Crippen molar-refractivity contribution in [2.45, 2.75) is 93.5 Å². The van der Waals surface area contributed by atoms with Gasteiger partial charge in [0.15, 0.2) is 11.9 Å². The van der Waals surface area contributed by atoms with E-state index < -0.39 is 109 Å². The number of carboxylic acids is 2. The molecule has 1 aliphatic rings. The topological polar surface area (TPSA) is 390 Å². The molecular formula is C42H61N13O10S. The zero-order valence-electron chi connectivity index (χ0n) is 36.3. The highest BCUT2D eigenvalue weighted by atomic mass is 32.1. The molecule has 1 heterocycles. The van der Waals surface area contributed by atoms with Crippen LogP contribution >= 0.6 is 12.6 Å². The first kappa shape index (κ1) is 53.4. The number of carbonyl (C=O) groups is 8. The van der Waals surface area contributed by atoms with Crippen molar-refractivity contribution in [3.05, 3.63) is 71.8 Å². The van der Waals surface area contributed by atoms with Crippen LogP contribution in [0.1, 0.15) is 68.4 Å². The Morgan fingerprint density at radius 2 is 1.20 bits per heavy atom. The lowest BCUT2D eigenvalue weighted by atomic mass is 9.84. The summed E-state index contributed by atoms with van der Waals surface area (Å²) in [5.74, 6) is -8.89. The van der Waals surface area contributed by atoms with Crippen molar-refractivity contribution in [1.29, 1.82) is 0 Å². The van der Waals surface area contributed by atoms with E-state index >= 15 is 0 Å². The van der Waals surface area contributed by atoms with Gasteiger partial charge in [0, 0.05) is 31.2 Å². The zero-order chi connectivity index (χ0) is 48.6. The number of nitrogens with zero attached hydrogens (tertiary/aromatic N) is 2. The second-order valence-corrected chi connectivity index (χ2v) is 15.7. The third-order valence-corrected chi connectivity index (χ3v) is 10.6. The molecule has 0 aromatic heterocycles. The van der Waals surface area contributed by atoms with Gasteiger partial charge in [-0.15, -0.1) is 0 Å². The summed E-state index contributed by atoms with van der Waals surface area (Å²) >= 11 is 4.36. The molecule has 17 N–H and O–H groups in total. The number of hydrogen-bond acceptors (Lipinski definition) is 12. The van der Waals surface area contributed by atoms with E-state index in [-0.39, 0.29) is 50.0 Å². The fraction of sp³-hybridized carbons (Fsp3) is 0.476. The lowest BCUT2D eigenvalue weighted by Gasteiger charge is -2.31. The molecule has 0 saturated carbocycles. The van der Waals surface area contributed by atoms with Gasteiger partial charge in [-0.25, -0.2) is 4.79 Å². The molecule has 24 heteroatoms. The molecule has 1 saturated heterocycles. The quantitative estimate of drug-likeness (QED) is 0.0176. The van der Waals surface area contributed by atoms with Crippen molar-refractivity contribution < 1.29 is 48.6 Å². The van der Waals surface area contributed by atoms with Gasteiger partial charge >= 0.3 is 11.9 Å². The molecule has 0 aliphatic carbocycles. The fourth-order valence-electron chi connectivity index (χ4n) is 6.97. The largest absolute Gasteiger partial charge is 0.481 e. The molecule has 1 aliphatic heterocycles. The summed E-state index contributed by atoms with van der Waals surface area (Å²) in [6.07, 6.45) is 0.844. The second-order valence-electron chi connectivity index (χ2n) is 15.3. The maximum Gasteiger partial charge on any atom is 0.326 e. The van der Waals surface area contributed by atoms with E-state index in [2.05, 4.69) is 59.8 Å². The van der Waals surface area contributed by atoms with E-state index in [1.807, 2.05) is 0 Å². The predicted octanol–water partition coefficient (Wildman–Crippen LogP) is -2.90. The number of rotatable bonds is 28. The van der Waals surface area contributed by atoms with Gasteiger partial charge in [-0.05, 0) is 62.6 Å². The molecule has 23 nitrogen and oxygen atoms in total. The van der Waals surface area contributed by atoms with Crippen LogP contribution in [0.3, 0.4) is 0 Å². The van der Waals surface area contributed by atoms with Gasteiger partial charge in [-0.1, -0.05) is 60.7 Å². The first-order chi connectivity index (χ1) is 31.5. The van der Waals surface area contributed by atoms with Crippen LogP contribution in [-0.2, 0) is 38.4 Å². The van der Waals surface area contributed by atoms with Gasteiger partial charge in [-0.2, -0.15) is 12.6 Å². The first-order valence-electron chi connectivity index (χ1n) is 21.3. The van der Waals surface area contributed by atoms with Crippen LogP contribution in [0.2, 0.25) is 0 Å². The number of amides is 6. The fourth-order valence-corrected chi connectivity index (χ4v) is 7.22. The Morgan fingerprint density at radius 1 is 0.667 bits per heavy atom. The Hall–Kier alpha value is -6.95. The number of aliphatic carboxylic acids is 2. The first-order valence-corrected chi connectivity index (χ1v) is 21.9. The molecule has 2 aromatic carbocycles. The molecule has 0 radical (unpaired) electrons. The Bertz CT molecular complexity index is 1980. The Labute approximate surface area is 386 Å². The van der Waals surface area contributed by atoms with Crippen LogP contribution < -0.4 is 60.2 Å². The summed E-state index contributed by atoms with van der Waals surface area (Å²) in [7, 11) is 0. The Morgan fingerprint density at radius 3 is 1.68 bits per heavy atom. The third-order valence-electron chi connectivity index (χ3n) is 10.3. The van der Waals surface area contributed by atoms with Gasteiger partial charge in [0.1, 0.15) is 30.2 Å².